The second-order valence-corrected chi connectivity index (χ2v) is 15.4. The molecular weight excluding hydrogens is 634 g/mol. The molecule has 302 valence electrons. The van der Waals surface area contributed by atoms with Gasteiger partial charge in [-0.3, -0.25) is 4.79 Å². The van der Waals surface area contributed by atoms with Crippen molar-refractivity contribution in [3.8, 4) is 0 Å². The minimum atomic E-state index is -1.29. The molecule has 1 amide bonds. The van der Waals surface area contributed by atoms with Crippen LogP contribution in [0.3, 0.4) is 0 Å². The highest BCUT2D eigenvalue weighted by atomic mass is 16.3. The van der Waals surface area contributed by atoms with E-state index in [4.69, 9.17) is 0 Å². The van der Waals surface area contributed by atoms with Gasteiger partial charge >= 0.3 is 0 Å². The predicted octanol–water partition coefficient (Wildman–Crippen LogP) is 11.6. The van der Waals surface area contributed by atoms with Gasteiger partial charge in [-0.05, 0) is 51.4 Å². The third kappa shape index (κ3) is 34.3. The summed E-state index contributed by atoms with van der Waals surface area (Å²) in [7, 11) is 0. The van der Waals surface area contributed by atoms with Crippen LogP contribution in [0.25, 0.3) is 0 Å². The molecule has 0 radical (unpaired) electrons. The number of allylic oxidation sites excluding steroid dienone is 4. The van der Waals surface area contributed by atoms with Gasteiger partial charge in [-0.1, -0.05) is 199 Å². The smallest absolute Gasteiger partial charge is 0.249 e. The summed E-state index contributed by atoms with van der Waals surface area (Å²) < 4.78 is 0. The highest BCUT2D eigenvalue weighted by Crippen LogP contribution is 2.16. The summed E-state index contributed by atoms with van der Waals surface area (Å²) in [5.41, 5.74) is 0. The van der Waals surface area contributed by atoms with Crippen molar-refractivity contribution < 1.29 is 25.2 Å². The van der Waals surface area contributed by atoms with Crippen molar-refractivity contribution in [2.24, 2.45) is 0 Å². The maximum atomic E-state index is 12.5. The molecule has 0 spiro atoms. The Hall–Kier alpha value is -1.21. The van der Waals surface area contributed by atoms with E-state index in [9.17, 15) is 25.2 Å². The molecule has 6 heteroatoms. The number of aliphatic hydroxyl groups is 4. The van der Waals surface area contributed by atoms with Crippen LogP contribution >= 0.6 is 0 Å². The zero-order valence-electron chi connectivity index (χ0n) is 33.9. The highest BCUT2D eigenvalue weighted by Gasteiger charge is 2.28. The van der Waals surface area contributed by atoms with E-state index < -0.39 is 36.9 Å². The zero-order valence-corrected chi connectivity index (χ0v) is 33.9. The average Bonchev–Trinajstić information content (AvgIpc) is 3.13. The van der Waals surface area contributed by atoms with E-state index in [0.29, 0.717) is 19.3 Å². The molecule has 0 aliphatic heterocycles. The first-order chi connectivity index (χ1) is 25.0. The van der Waals surface area contributed by atoms with E-state index >= 15 is 0 Å². The molecule has 0 fully saturated rings. The number of carbonyl (C=O) groups is 1. The summed E-state index contributed by atoms with van der Waals surface area (Å²) in [6.07, 6.45) is 45.1. The molecule has 0 bridgehead atoms. The lowest BCUT2D eigenvalue weighted by atomic mass is 10.00. The third-order valence-electron chi connectivity index (χ3n) is 10.4. The van der Waals surface area contributed by atoms with Gasteiger partial charge in [0.1, 0.15) is 12.2 Å². The summed E-state index contributed by atoms with van der Waals surface area (Å²) in [4.78, 5) is 12.5. The van der Waals surface area contributed by atoms with Crippen molar-refractivity contribution in [3.63, 3.8) is 0 Å². The molecule has 4 unspecified atom stereocenters. The number of amides is 1. The minimum Gasteiger partial charge on any atom is -0.394 e. The molecule has 0 aliphatic rings. The Labute approximate surface area is 316 Å². The first kappa shape index (κ1) is 49.8. The molecule has 0 heterocycles. The van der Waals surface area contributed by atoms with E-state index in [0.717, 1.165) is 44.9 Å². The van der Waals surface area contributed by atoms with Gasteiger partial charge in [0.2, 0.25) is 5.91 Å². The number of unbranched alkanes of at least 4 members (excludes halogenated alkanes) is 27. The molecule has 0 saturated carbocycles. The molecule has 0 aromatic rings. The Morgan fingerprint density at radius 1 is 0.471 bits per heavy atom. The Kier molecular flexibility index (Phi) is 39.0. The fourth-order valence-corrected chi connectivity index (χ4v) is 6.83. The van der Waals surface area contributed by atoms with Gasteiger partial charge in [-0.25, -0.2) is 0 Å². The highest BCUT2D eigenvalue weighted by molar-refractivity contribution is 5.80. The van der Waals surface area contributed by atoms with Crippen LogP contribution in [-0.4, -0.2) is 57.3 Å². The molecule has 0 aliphatic carbocycles. The second kappa shape index (κ2) is 40.0. The van der Waals surface area contributed by atoms with Gasteiger partial charge in [-0.2, -0.15) is 0 Å². The van der Waals surface area contributed by atoms with Gasteiger partial charge in [0.25, 0.3) is 0 Å². The molecule has 6 nitrogen and oxygen atoms in total. The fourth-order valence-electron chi connectivity index (χ4n) is 6.83. The van der Waals surface area contributed by atoms with E-state index in [2.05, 4.69) is 43.5 Å². The van der Waals surface area contributed by atoms with Crippen LogP contribution in [0.5, 0.6) is 0 Å². The first-order valence-corrected chi connectivity index (χ1v) is 22.2. The van der Waals surface area contributed by atoms with Crippen molar-refractivity contribution in [1.29, 1.82) is 0 Å². The lowest BCUT2D eigenvalue weighted by Crippen LogP contribution is -2.53. The standard InChI is InChI=1S/C45H87NO5/c1-3-5-7-9-11-13-15-17-18-19-20-21-22-23-24-25-26-27-29-31-33-35-37-39-43(49)45(51)46-41(40-47)44(50)42(48)38-36-34-32-30-28-16-14-12-10-8-6-4-2/h12,14,30,32,41-44,47-50H,3-11,13,15-29,31,33-40H2,1-2H3,(H,46,51)/b14-12+,32-30+. The quantitative estimate of drug-likeness (QED) is 0.0320. The third-order valence-corrected chi connectivity index (χ3v) is 10.4. The van der Waals surface area contributed by atoms with Crippen LogP contribution in [0.15, 0.2) is 24.3 Å². The van der Waals surface area contributed by atoms with Crippen LogP contribution in [0.1, 0.15) is 226 Å². The Morgan fingerprint density at radius 2 is 0.824 bits per heavy atom. The lowest BCUT2D eigenvalue weighted by molar-refractivity contribution is -0.132. The normalized spacial score (nSPS) is 14.4. The molecule has 51 heavy (non-hydrogen) atoms. The lowest BCUT2D eigenvalue weighted by Gasteiger charge is -2.27. The molecular formula is C45H87NO5. The average molecular weight is 722 g/mol. The van der Waals surface area contributed by atoms with Crippen molar-refractivity contribution in [3.05, 3.63) is 24.3 Å². The van der Waals surface area contributed by atoms with Crippen LogP contribution in [0.4, 0.5) is 0 Å². The van der Waals surface area contributed by atoms with Crippen molar-refractivity contribution >= 4 is 5.91 Å². The van der Waals surface area contributed by atoms with Gasteiger partial charge in [0.15, 0.2) is 0 Å². The van der Waals surface area contributed by atoms with Crippen LogP contribution in [0, 0.1) is 0 Å². The number of nitrogens with one attached hydrogen (secondary N) is 1. The molecule has 0 aromatic heterocycles. The maximum absolute atomic E-state index is 12.5. The van der Waals surface area contributed by atoms with Gasteiger partial charge in [-0.15, -0.1) is 0 Å². The van der Waals surface area contributed by atoms with Crippen molar-refractivity contribution in [2.45, 2.75) is 250 Å². The first-order valence-electron chi connectivity index (χ1n) is 22.2. The van der Waals surface area contributed by atoms with Crippen molar-refractivity contribution in [2.75, 3.05) is 6.61 Å². The van der Waals surface area contributed by atoms with Gasteiger partial charge in [0.05, 0.1) is 18.8 Å². The Balaban J connectivity index is 3.69. The maximum Gasteiger partial charge on any atom is 0.249 e. The predicted molar refractivity (Wildman–Crippen MR) is 219 cm³/mol. The second-order valence-electron chi connectivity index (χ2n) is 15.4. The van der Waals surface area contributed by atoms with Crippen LogP contribution in [0.2, 0.25) is 0 Å². The summed E-state index contributed by atoms with van der Waals surface area (Å²) in [6, 6.07) is -1.00. The van der Waals surface area contributed by atoms with Gasteiger partial charge < -0.3 is 25.7 Å². The SMILES string of the molecule is CCCCC/C=C/CC/C=C/CCCC(O)C(O)C(CO)NC(=O)C(O)CCCCCCCCCCCCCCCCCCCCCCCCC. The fraction of sp³-hybridized carbons (Fsp3) is 0.889. The van der Waals surface area contributed by atoms with E-state index in [1.165, 1.54) is 148 Å². The summed E-state index contributed by atoms with van der Waals surface area (Å²) >= 11 is 0. The number of hydrogen-bond donors (Lipinski definition) is 5. The Bertz CT molecular complexity index is 772. The molecule has 4 atom stereocenters. The van der Waals surface area contributed by atoms with Crippen molar-refractivity contribution in [1.82, 2.24) is 5.32 Å². The minimum absolute atomic E-state index is 0.364. The number of carbonyl (C=O) groups excluding carboxylic acids is 1. The van der Waals surface area contributed by atoms with Gasteiger partial charge in [0, 0.05) is 0 Å². The molecule has 0 saturated heterocycles. The van der Waals surface area contributed by atoms with Crippen LogP contribution in [-0.2, 0) is 4.79 Å². The zero-order chi connectivity index (χ0) is 37.5. The van der Waals surface area contributed by atoms with Crippen LogP contribution < -0.4 is 5.32 Å². The largest absolute Gasteiger partial charge is 0.394 e. The summed E-state index contributed by atoms with van der Waals surface area (Å²) in [5.74, 6) is -0.596. The van der Waals surface area contributed by atoms with E-state index in [1.807, 2.05) is 0 Å². The molecule has 5 N–H and O–H groups in total. The molecule has 0 rings (SSSR count). The molecule has 0 aromatic carbocycles. The van der Waals surface area contributed by atoms with E-state index in [1.54, 1.807) is 0 Å². The topological polar surface area (TPSA) is 110 Å². The van der Waals surface area contributed by atoms with E-state index in [-0.39, 0.29) is 0 Å². The number of rotatable bonds is 40. The number of hydrogen-bond acceptors (Lipinski definition) is 5. The monoisotopic (exact) mass is 722 g/mol. The number of aliphatic hydroxyl groups excluding tert-OH is 4. The summed E-state index contributed by atoms with van der Waals surface area (Å²) in [5, 5.41) is 43.5. The summed E-state index contributed by atoms with van der Waals surface area (Å²) in [6.45, 7) is 4.00. The Morgan fingerprint density at radius 3 is 1.24 bits per heavy atom.